The molecule has 202 valence electrons. The van der Waals surface area contributed by atoms with Crippen LogP contribution in [0.3, 0.4) is 0 Å². The van der Waals surface area contributed by atoms with Crippen LogP contribution in [0, 0.1) is 17.3 Å². The van der Waals surface area contributed by atoms with Crippen LogP contribution in [0.2, 0.25) is 5.02 Å². The van der Waals surface area contributed by atoms with E-state index in [0.717, 1.165) is 65.7 Å². The second-order valence-corrected chi connectivity index (χ2v) is 11.6. The van der Waals surface area contributed by atoms with Crippen molar-refractivity contribution in [2.24, 2.45) is 22.4 Å². The van der Waals surface area contributed by atoms with Crippen molar-refractivity contribution in [2.75, 3.05) is 13.1 Å². The van der Waals surface area contributed by atoms with E-state index in [1.807, 2.05) is 6.07 Å². The summed E-state index contributed by atoms with van der Waals surface area (Å²) in [6.07, 6.45) is 7.44. The maximum absolute atomic E-state index is 11.8. The van der Waals surface area contributed by atoms with Crippen molar-refractivity contribution in [1.29, 1.82) is 0 Å². The SMILES string of the molecule is C=CCC1(C(=O)O)CCN(Cc2ccc(C3=NOC(c4ccc(CC(C)C)c(Cl)c4)=CCC3C)cc2)CC1. The van der Waals surface area contributed by atoms with Gasteiger partial charge in [0.25, 0.3) is 0 Å². The number of likely N-dealkylation sites (tertiary alicyclic amines) is 1. The van der Waals surface area contributed by atoms with Gasteiger partial charge in [-0.2, -0.15) is 0 Å². The molecule has 0 amide bonds. The van der Waals surface area contributed by atoms with Crippen molar-refractivity contribution >= 4 is 29.0 Å². The largest absolute Gasteiger partial charge is 0.481 e. The Bertz CT molecular complexity index is 1210. The van der Waals surface area contributed by atoms with Gasteiger partial charge in [-0.25, -0.2) is 0 Å². The van der Waals surface area contributed by atoms with E-state index in [0.29, 0.717) is 25.2 Å². The predicted octanol–water partition coefficient (Wildman–Crippen LogP) is 7.58. The first kappa shape index (κ1) is 28.1. The third-order valence-electron chi connectivity index (χ3n) is 7.79. The van der Waals surface area contributed by atoms with Crippen LogP contribution in [0.15, 0.2) is 66.4 Å². The first-order valence-electron chi connectivity index (χ1n) is 13.6. The fourth-order valence-electron chi connectivity index (χ4n) is 5.39. The summed E-state index contributed by atoms with van der Waals surface area (Å²) < 4.78 is 0. The van der Waals surface area contributed by atoms with Crippen molar-refractivity contribution in [3.05, 3.63) is 88.5 Å². The number of oxime groups is 1. The Labute approximate surface area is 231 Å². The van der Waals surface area contributed by atoms with Gasteiger partial charge in [0.05, 0.1) is 11.1 Å². The molecule has 38 heavy (non-hydrogen) atoms. The van der Waals surface area contributed by atoms with Gasteiger partial charge in [0.15, 0.2) is 5.76 Å². The van der Waals surface area contributed by atoms with E-state index in [-0.39, 0.29) is 5.92 Å². The third-order valence-corrected chi connectivity index (χ3v) is 8.14. The molecule has 1 saturated heterocycles. The van der Waals surface area contributed by atoms with Crippen LogP contribution in [0.1, 0.15) is 68.7 Å². The quantitative estimate of drug-likeness (QED) is 0.337. The number of carboxylic acid groups (broad SMARTS) is 1. The van der Waals surface area contributed by atoms with Crippen LogP contribution in [-0.2, 0) is 22.6 Å². The zero-order valence-electron chi connectivity index (χ0n) is 22.8. The summed E-state index contributed by atoms with van der Waals surface area (Å²) in [5.74, 6) is 0.793. The van der Waals surface area contributed by atoms with E-state index in [1.54, 1.807) is 6.08 Å². The van der Waals surface area contributed by atoms with Gasteiger partial charge in [0, 0.05) is 23.0 Å². The molecular weight excluding hydrogens is 496 g/mol. The van der Waals surface area contributed by atoms with Crippen molar-refractivity contribution in [3.8, 4) is 0 Å². The molecule has 0 radical (unpaired) electrons. The molecule has 0 spiro atoms. The Kier molecular flexibility index (Phi) is 9.11. The summed E-state index contributed by atoms with van der Waals surface area (Å²) in [5.41, 5.74) is 4.62. The number of hydrogen-bond acceptors (Lipinski definition) is 4. The molecule has 4 rings (SSSR count). The molecule has 2 aliphatic rings. The summed E-state index contributed by atoms with van der Waals surface area (Å²) in [6, 6.07) is 14.6. The number of allylic oxidation sites excluding steroid dienone is 2. The number of halogens is 1. The van der Waals surface area contributed by atoms with E-state index in [4.69, 9.17) is 16.4 Å². The maximum atomic E-state index is 11.8. The van der Waals surface area contributed by atoms with Gasteiger partial charge in [0.1, 0.15) is 0 Å². The van der Waals surface area contributed by atoms with Crippen molar-refractivity contribution in [3.63, 3.8) is 0 Å². The van der Waals surface area contributed by atoms with Crippen LogP contribution in [0.5, 0.6) is 0 Å². The fraction of sp³-hybridized carbons (Fsp3) is 0.438. The Morgan fingerprint density at radius 1 is 1.21 bits per heavy atom. The maximum Gasteiger partial charge on any atom is 0.310 e. The molecule has 2 aromatic carbocycles. The van der Waals surface area contributed by atoms with Crippen molar-refractivity contribution in [2.45, 2.75) is 59.4 Å². The first-order valence-corrected chi connectivity index (χ1v) is 14.0. The molecule has 2 heterocycles. The number of rotatable bonds is 9. The van der Waals surface area contributed by atoms with Gasteiger partial charge in [-0.1, -0.05) is 80.0 Å². The average molecular weight is 535 g/mol. The lowest BCUT2D eigenvalue weighted by molar-refractivity contribution is -0.152. The molecule has 0 bridgehead atoms. The van der Waals surface area contributed by atoms with Crippen molar-refractivity contribution < 1.29 is 14.7 Å². The second kappa shape index (κ2) is 12.3. The number of piperidine rings is 1. The van der Waals surface area contributed by atoms with Crippen LogP contribution in [0.25, 0.3) is 5.76 Å². The highest BCUT2D eigenvalue weighted by Gasteiger charge is 2.40. The highest BCUT2D eigenvalue weighted by molar-refractivity contribution is 6.31. The normalized spacial score (nSPS) is 19.8. The fourth-order valence-corrected chi connectivity index (χ4v) is 5.65. The minimum Gasteiger partial charge on any atom is -0.481 e. The molecule has 0 aliphatic carbocycles. The lowest BCUT2D eigenvalue weighted by atomic mass is 9.75. The van der Waals surface area contributed by atoms with Crippen molar-refractivity contribution in [1.82, 2.24) is 4.90 Å². The summed E-state index contributed by atoms with van der Waals surface area (Å²) in [4.78, 5) is 20.1. The van der Waals surface area contributed by atoms with Gasteiger partial charge in [-0.15, -0.1) is 6.58 Å². The van der Waals surface area contributed by atoms with E-state index >= 15 is 0 Å². The minimum absolute atomic E-state index is 0.213. The molecule has 6 heteroatoms. The Morgan fingerprint density at radius 2 is 1.89 bits per heavy atom. The zero-order valence-corrected chi connectivity index (χ0v) is 23.5. The van der Waals surface area contributed by atoms with Gasteiger partial charge >= 0.3 is 5.97 Å². The molecule has 2 aliphatic heterocycles. The van der Waals surface area contributed by atoms with E-state index in [1.165, 1.54) is 5.56 Å². The standard InChI is InChI=1S/C32H39ClN2O3/c1-5-14-32(31(36)37)15-17-35(18-16-32)21-24-7-9-25(10-8-24)30-23(4)6-13-29(38-34-30)27-12-11-26(19-22(2)3)28(33)20-27/h5,7-13,20,22-23H,1,6,14-19,21H2,2-4H3,(H,36,37). The summed E-state index contributed by atoms with van der Waals surface area (Å²) in [5, 5.41) is 15.1. The molecule has 1 N–H and O–H groups in total. The predicted molar refractivity (Wildman–Crippen MR) is 155 cm³/mol. The number of hydrogen-bond donors (Lipinski definition) is 1. The lowest BCUT2D eigenvalue weighted by Gasteiger charge is -2.38. The average Bonchev–Trinajstić information content (AvgIpc) is 3.08. The van der Waals surface area contributed by atoms with Crippen LogP contribution in [-0.4, -0.2) is 34.8 Å². The Morgan fingerprint density at radius 3 is 2.50 bits per heavy atom. The van der Waals surface area contributed by atoms with Gasteiger partial charge in [-0.05, 0) is 79.9 Å². The first-order chi connectivity index (χ1) is 18.2. The number of aliphatic carboxylic acids is 1. The Hall–Kier alpha value is -2.89. The summed E-state index contributed by atoms with van der Waals surface area (Å²) in [7, 11) is 0. The molecule has 0 saturated carbocycles. The number of carbonyl (C=O) groups is 1. The van der Waals surface area contributed by atoms with E-state index in [2.05, 4.69) is 79.9 Å². The second-order valence-electron chi connectivity index (χ2n) is 11.2. The number of carboxylic acids is 1. The topological polar surface area (TPSA) is 62.1 Å². The third kappa shape index (κ3) is 6.57. The van der Waals surface area contributed by atoms with Crippen LogP contribution >= 0.6 is 11.6 Å². The van der Waals surface area contributed by atoms with E-state index < -0.39 is 11.4 Å². The van der Waals surface area contributed by atoms with Crippen LogP contribution < -0.4 is 0 Å². The number of nitrogens with zero attached hydrogens (tertiary/aromatic N) is 2. The molecule has 5 nitrogen and oxygen atoms in total. The molecule has 0 aromatic heterocycles. The summed E-state index contributed by atoms with van der Waals surface area (Å²) in [6.45, 7) is 12.7. The minimum atomic E-state index is -0.703. The molecular formula is C32H39ClN2O3. The monoisotopic (exact) mass is 534 g/mol. The molecule has 1 atom stereocenters. The summed E-state index contributed by atoms with van der Waals surface area (Å²) >= 11 is 6.56. The van der Waals surface area contributed by atoms with Gasteiger partial charge in [0.2, 0.25) is 0 Å². The van der Waals surface area contributed by atoms with Gasteiger partial charge in [-0.3, -0.25) is 9.69 Å². The zero-order chi connectivity index (χ0) is 27.3. The molecule has 2 aromatic rings. The lowest BCUT2D eigenvalue weighted by Crippen LogP contribution is -2.43. The highest BCUT2D eigenvalue weighted by atomic mass is 35.5. The van der Waals surface area contributed by atoms with Gasteiger partial charge < -0.3 is 9.94 Å². The smallest absolute Gasteiger partial charge is 0.310 e. The molecule has 1 unspecified atom stereocenters. The Balaban J connectivity index is 1.40. The van der Waals surface area contributed by atoms with E-state index in [9.17, 15) is 9.90 Å². The van der Waals surface area contributed by atoms with Crippen LogP contribution in [0.4, 0.5) is 0 Å². The molecule has 1 fully saturated rings. The number of benzene rings is 2. The highest BCUT2D eigenvalue weighted by Crippen LogP contribution is 2.36.